The van der Waals surface area contributed by atoms with Gasteiger partial charge in [-0.3, -0.25) is 9.97 Å². The minimum absolute atomic E-state index is 0.930. The number of aromatic nitrogens is 2. The molecular weight excluding hydrogens is 160 g/mol. The van der Waals surface area contributed by atoms with Gasteiger partial charge in [-0.05, 0) is 23.8 Å². The molecule has 0 aromatic carbocycles. The topological polar surface area (TPSA) is 25.8 Å². The van der Waals surface area contributed by atoms with Crippen LogP contribution in [0.25, 0.3) is 11.3 Å². The molecule has 0 saturated carbocycles. The van der Waals surface area contributed by atoms with Crippen LogP contribution in [-0.2, 0) is 6.42 Å². The zero-order chi connectivity index (χ0) is 8.67. The highest BCUT2D eigenvalue weighted by Gasteiger charge is 2.18. The molecule has 0 amide bonds. The first-order valence-electron chi connectivity index (χ1n) is 4.33. The molecule has 0 fully saturated rings. The lowest BCUT2D eigenvalue weighted by molar-refractivity contribution is 1.12. The van der Waals surface area contributed by atoms with Crippen molar-refractivity contribution in [2.75, 3.05) is 0 Å². The maximum Gasteiger partial charge on any atom is 0.0756 e. The second-order valence-corrected chi connectivity index (χ2v) is 3.19. The van der Waals surface area contributed by atoms with Crippen LogP contribution in [0.3, 0.4) is 0 Å². The molecule has 0 spiro atoms. The van der Waals surface area contributed by atoms with Crippen LogP contribution in [0.2, 0.25) is 0 Å². The highest BCUT2D eigenvalue weighted by atomic mass is 14.7. The second-order valence-electron chi connectivity index (χ2n) is 3.19. The minimum atomic E-state index is 0.930. The molecule has 0 saturated heterocycles. The van der Waals surface area contributed by atoms with Crippen molar-refractivity contribution in [2.24, 2.45) is 0 Å². The fourth-order valence-corrected chi connectivity index (χ4v) is 1.80. The number of hydrogen-bond acceptors (Lipinski definition) is 2. The van der Waals surface area contributed by atoms with E-state index in [1.54, 1.807) is 0 Å². The number of pyridine rings is 2. The molecule has 2 nitrogen and oxygen atoms in total. The van der Waals surface area contributed by atoms with Crippen LogP contribution in [0.15, 0.2) is 36.7 Å². The maximum absolute atomic E-state index is 4.36. The molecule has 1 aliphatic carbocycles. The quantitative estimate of drug-likeness (QED) is 0.513. The molecule has 1 aliphatic rings. The van der Waals surface area contributed by atoms with Gasteiger partial charge in [0.25, 0.3) is 0 Å². The van der Waals surface area contributed by atoms with E-state index in [-0.39, 0.29) is 0 Å². The summed E-state index contributed by atoms with van der Waals surface area (Å²) in [6.07, 6.45) is 4.60. The average molecular weight is 168 g/mol. The summed E-state index contributed by atoms with van der Waals surface area (Å²) in [5.74, 6) is 0. The van der Waals surface area contributed by atoms with E-state index in [9.17, 15) is 0 Å². The number of nitrogens with zero attached hydrogens (tertiary/aromatic N) is 2. The van der Waals surface area contributed by atoms with Gasteiger partial charge in [-0.1, -0.05) is 6.07 Å². The molecule has 2 aromatic heterocycles. The van der Waals surface area contributed by atoms with Crippen molar-refractivity contribution in [3.05, 3.63) is 47.9 Å². The Bertz CT molecular complexity index is 420. The van der Waals surface area contributed by atoms with Crippen LogP contribution in [0.5, 0.6) is 0 Å². The zero-order valence-electron chi connectivity index (χ0n) is 7.07. The highest BCUT2D eigenvalue weighted by Crippen LogP contribution is 2.32. The molecule has 0 aliphatic heterocycles. The lowest BCUT2D eigenvalue weighted by Gasteiger charge is -1.96. The van der Waals surface area contributed by atoms with Crippen LogP contribution in [0.1, 0.15) is 11.3 Å². The Morgan fingerprint density at radius 2 is 1.85 bits per heavy atom. The average Bonchev–Trinajstić information content (AvgIpc) is 2.56. The van der Waals surface area contributed by atoms with Crippen molar-refractivity contribution in [1.29, 1.82) is 0 Å². The van der Waals surface area contributed by atoms with E-state index in [1.807, 2.05) is 24.5 Å². The maximum atomic E-state index is 4.36. The Hall–Kier alpha value is -1.70. The lowest BCUT2D eigenvalue weighted by Crippen LogP contribution is -1.83. The van der Waals surface area contributed by atoms with Crippen LogP contribution in [-0.4, -0.2) is 9.97 Å². The van der Waals surface area contributed by atoms with E-state index >= 15 is 0 Å². The predicted molar refractivity (Wildman–Crippen MR) is 50.3 cm³/mol. The Balaban J connectivity index is 2.32. The van der Waals surface area contributed by atoms with Crippen molar-refractivity contribution < 1.29 is 0 Å². The van der Waals surface area contributed by atoms with Gasteiger partial charge in [0.15, 0.2) is 0 Å². The first-order chi connectivity index (χ1) is 6.45. The van der Waals surface area contributed by atoms with Gasteiger partial charge in [-0.15, -0.1) is 0 Å². The van der Waals surface area contributed by atoms with Gasteiger partial charge in [0.05, 0.1) is 11.4 Å². The molecule has 62 valence electrons. The van der Waals surface area contributed by atoms with Crippen molar-refractivity contribution >= 4 is 0 Å². The van der Waals surface area contributed by atoms with Crippen molar-refractivity contribution in [2.45, 2.75) is 6.42 Å². The third-order valence-electron chi connectivity index (χ3n) is 2.39. The van der Waals surface area contributed by atoms with Crippen LogP contribution in [0, 0.1) is 0 Å². The lowest BCUT2D eigenvalue weighted by atomic mass is 10.2. The Labute approximate surface area is 76.3 Å². The van der Waals surface area contributed by atoms with Crippen molar-refractivity contribution in [3.8, 4) is 11.3 Å². The summed E-state index contributed by atoms with van der Waals surface area (Å²) in [4.78, 5) is 8.69. The minimum Gasteiger partial charge on any atom is -0.260 e. The zero-order valence-corrected chi connectivity index (χ0v) is 7.07. The van der Waals surface area contributed by atoms with Crippen LogP contribution >= 0.6 is 0 Å². The Morgan fingerprint density at radius 1 is 1.00 bits per heavy atom. The predicted octanol–water partition coefficient (Wildman–Crippen LogP) is 2.05. The van der Waals surface area contributed by atoms with Crippen molar-refractivity contribution in [3.63, 3.8) is 0 Å². The van der Waals surface area contributed by atoms with Crippen LogP contribution in [0.4, 0.5) is 0 Å². The van der Waals surface area contributed by atoms with Crippen LogP contribution < -0.4 is 0 Å². The van der Waals surface area contributed by atoms with E-state index in [4.69, 9.17) is 0 Å². The largest absolute Gasteiger partial charge is 0.260 e. The number of rotatable bonds is 0. The molecule has 0 N–H and O–H groups in total. The van der Waals surface area contributed by atoms with Gasteiger partial charge in [-0.2, -0.15) is 0 Å². The number of fused-ring (bicyclic) bond motifs is 3. The summed E-state index contributed by atoms with van der Waals surface area (Å²) in [6, 6.07) is 8.14. The molecule has 0 unspecified atom stereocenters. The number of hydrogen-bond donors (Lipinski definition) is 0. The van der Waals surface area contributed by atoms with Gasteiger partial charge in [0.1, 0.15) is 0 Å². The summed E-state index contributed by atoms with van der Waals surface area (Å²) in [5, 5.41) is 0. The Kier molecular flexibility index (Phi) is 1.25. The normalized spacial score (nSPS) is 12.3. The van der Waals surface area contributed by atoms with E-state index < -0.39 is 0 Å². The summed E-state index contributed by atoms with van der Waals surface area (Å²) in [7, 11) is 0. The molecule has 2 heterocycles. The van der Waals surface area contributed by atoms with Gasteiger partial charge >= 0.3 is 0 Å². The molecule has 2 aromatic rings. The van der Waals surface area contributed by atoms with Gasteiger partial charge in [0.2, 0.25) is 0 Å². The SMILES string of the molecule is c1cnc2c(c1)Cc1ncccc1-2. The monoisotopic (exact) mass is 168 g/mol. The molecule has 3 rings (SSSR count). The molecular formula is C11H8N2. The van der Waals surface area contributed by atoms with E-state index in [1.165, 1.54) is 11.1 Å². The summed E-state index contributed by atoms with van der Waals surface area (Å²) < 4.78 is 0. The summed E-state index contributed by atoms with van der Waals surface area (Å²) in [6.45, 7) is 0. The second kappa shape index (κ2) is 2.39. The first kappa shape index (κ1) is 6.78. The van der Waals surface area contributed by atoms with Gasteiger partial charge in [-0.25, -0.2) is 0 Å². The smallest absolute Gasteiger partial charge is 0.0756 e. The molecule has 2 heteroatoms. The van der Waals surface area contributed by atoms with E-state index in [2.05, 4.69) is 22.1 Å². The third kappa shape index (κ3) is 0.886. The third-order valence-corrected chi connectivity index (χ3v) is 2.39. The summed E-state index contributed by atoms with van der Waals surface area (Å²) >= 11 is 0. The fourth-order valence-electron chi connectivity index (χ4n) is 1.80. The molecule has 0 radical (unpaired) electrons. The van der Waals surface area contributed by atoms with Gasteiger partial charge < -0.3 is 0 Å². The summed E-state index contributed by atoms with van der Waals surface area (Å²) in [5.41, 5.74) is 4.73. The van der Waals surface area contributed by atoms with E-state index in [0.717, 1.165) is 17.8 Å². The van der Waals surface area contributed by atoms with E-state index in [0.29, 0.717) is 0 Å². The van der Waals surface area contributed by atoms with Crippen molar-refractivity contribution in [1.82, 2.24) is 9.97 Å². The standard InChI is InChI=1S/C11H8N2/c1-3-8-7-10-9(4-2-5-12-10)11(8)13-6-1/h1-6H,7H2. The fraction of sp³-hybridized carbons (Fsp3) is 0.0909. The Morgan fingerprint density at radius 3 is 2.85 bits per heavy atom. The highest BCUT2D eigenvalue weighted by molar-refractivity contribution is 5.71. The first-order valence-corrected chi connectivity index (χ1v) is 4.33. The molecule has 0 bridgehead atoms. The molecule has 0 atom stereocenters. The van der Waals surface area contributed by atoms with Gasteiger partial charge in [0, 0.05) is 24.4 Å². The molecule has 13 heavy (non-hydrogen) atoms.